The van der Waals surface area contributed by atoms with Gasteiger partial charge >= 0.3 is 0 Å². The van der Waals surface area contributed by atoms with Crippen LogP contribution in [0, 0.1) is 11.6 Å². The van der Waals surface area contributed by atoms with Crippen LogP contribution in [0.1, 0.15) is 24.5 Å². The van der Waals surface area contributed by atoms with E-state index in [9.17, 15) is 13.6 Å². The number of hydrogen-bond acceptors (Lipinski definition) is 3. The Balaban J connectivity index is 2.08. The van der Waals surface area contributed by atoms with Crippen molar-refractivity contribution in [1.82, 2.24) is 0 Å². The minimum atomic E-state index is -0.771. The average Bonchev–Trinajstić information content (AvgIpc) is 2.53. The fourth-order valence-corrected chi connectivity index (χ4v) is 2.17. The maximum atomic E-state index is 14.0. The minimum absolute atomic E-state index is 0.0302. The van der Waals surface area contributed by atoms with Crippen molar-refractivity contribution < 1.29 is 23.0 Å². The maximum absolute atomic E-state index is 14.0. The molecule has 0 heterocycles. The fourth-order valence-electron chi connectivity index (χ4n) is 2.17. The van der Waals surface area contributed by atoms with Gasteiger partial charge in [0.15, 0.2) is 17.4 Å². The molecule has 0 atom stereocenters. The molecule has 0 bridgehead atoms. The second-order valence-corrected chi connectivity index (χ2v) is 4.96. The van der Waals surface area contributed by atoms with Gasteiger partial charge in [-0.1, -0.05) is 12.1 Å². The largest absolute Gasteiger partial charge is 0.494 e. The van der Waals surface area contributed by atoms with Gasteiger partial charge in [-0.05, 0) is 48.7 Å². The summed E-state index contributed by atoms with van der Waals surface area (Å²) < 4.78 is 38.6. The van der Waals surface area contributed by atoms with Crippen molar-refractivity contribution in [3.05, 3.63) is 59.2 Å². The van der Waals surface area contributed by atoms with E-state index in [4.69, 9.17) is 9.47 Å². The van der Waals surface area contributed by atoms with Gasteiger partial charge in [-0.3, -0.25) is 0 Å². The van der Waals surface area contributed by atoms with Crippen molar-refractivity contribution in [2.24, 2.45) is 0 Å². The molecule has 3 nitrogen and oxygen atoms in total. The topological polar surface area (TPSA) is 35.5 Å². The van der Waals surface area contributed by atoms with Crippen molar-refractivity contribution in [2.75, 3.05) is 6.61 Å². The third-order valence-corrected chi connectivity index (χ3v) is 3.20. The van der Waals surface area contributed by atoms with E-state index in [-0.39, 0.29) is 13.0 Å². The zero-order valence-electron chi connectivity index (χ0n) is 12.9. The van der Waals surface area contributed by atoms with E-state index in [0.29, 0.717) is 30.6 Å². The molecule has 0 unspecified atom stereocenters. The van der Waals surface area contributed by atoms with Crippen LogP contribution in [0.4, 0.5) is 8.78 Å². The fraction of sp³-hybridized carbons (Fsp3) is 0.278. The van der Waals surface area contributed by atoms with E-state index >= 15 is 0 Å². The Morgan fingerprint density at radius 3 is 2.43 bits per heavy atom. The number of carbonyl (C=O) groups is 1. The first kappa shape index (κ1) is 16.9. The van der Waals surface area contributed by atoms with E-state index in [1.165, 1.54) is 12.1 Å². The summed E-state index contributed by atoms with van der Waals surface area (Å²) >= 11 is 0. The first-order chi connectivity index (χ1) is 11.1. The lowest BCUT2D eigenvalue weighted by Crippen LogP contribution is -2.02. The van der Waals surface area contributed by atoms with Crippen molar-refractivity contribution in [3.63, 3.8) is 0 Å². The van der Waals surface area contributed by atoms with E-state index in [2.05, 4.69) is 0 Å². The first-order valence-corrected chi connectivity index (χ1v) is 7.40. The Morgan fingerprint density at radius 1 is 1.04 bits per heavy atom. The molecule has 0 amide bonds. The summed E-state index contributed by atoms with van der Waals surface area (Å²) in [5.74, 6) is -1.28. The molecule has 0 N–H and O–H groups in total. The first-order valence-electron chi connectivity index (χ1n) is 7.40. The van der Waals surface area contributed by atoms with Crippen LogP contribution in [-0.4, -0.2) is 12.9 Å². The molecule has 0 saturated carbocycles. The summed E-state index contributed by atoms with van der Waals surface area (Å²) in [6.07, 6.45) is 1.24. The molecule has 2 aromatic carbocycles. The van der Waals surface area contributed by atoms with E-state index in [1.807, 2.05) is 6.92 Å². The van der Waals surface area contributed by atoms with E-state index in [1.54, 1.807) is 24.3 Å². The van der Waals surface area contributed by atoms with Gasteiger partial charge in [-0.15, -0.1) is 0 Å². The van der Waals surface area contributed by atoms with Crippen LogP contribution in [0.2, 0.25) is 0 Å². The highest BCUT2D eigenvalue weighted by Crippen LogP contribution is 2.25. The molecule has 0 spiro atoms. The van der Waals surface area contributed by atoms with Crippen LogP contribution in [0.5, 0.6) is 11.5 Å². The molecule has 5 heteroatoms. The second kappa shape index (κ2) is 8.27. The number of aldehydes is 1. The number of rotatable bonds is 8. The van der Waals surface area contributed by atoms with Gasteiger partial charge in [0.25, 0.3) is 0 Å². The predicted octanol–water partition coefficient (Wildman–Crippen LogP) is 4.07. The van der Waals surface area contributed by atoms with Gasteiger partial charge in [0.05, 0.1) is 6.61 Å². The minimum Gasteiger partial charge on any atom is -0.494 e. The molecular formula is C18H18F2O3. The highest BCUT2D eigenvalue weighted by Gasteiger charge is 2.13. The Kier molecular flexibility index (Phi) is 6.09. The molecule has 23 heavy (non-hydrogen) atoms. The van der Waals surface area contributed by atoms with Gasteiger partial charge in [0, 0.05) is 6.42 Å². The number of ether oxygens (including phenoxy) is 2. The Labute approximate surface area is 133 Å². The molecular weight excluding hydrogens is 302 g/mol. The molecule has 0 aliphatic rings. The van der Waals surface area contributed by atoms with E-state index in [0.717, 1.165) is 5.56 Å². The summed E-state index contributed by atoms with van der Waals surface area (Å²) in [4.78, 5) is 10.3. The van der Waals surface area contributed by atoms with Gasteiger partial charge in [0.1, 0.15) is 18.6 Å². The smallest absolute Gasteiger partial charge is 0.191 e. The Bertz CT molecular complexity index is 648. The van der Waals surface area contributed by atoms with Crippen LogP contribution >= 0.6 is 0 Å². The average molecular weight is 320 g/mol. The molecule has 0 aromatic heterocycles. The molecule has 0 radical (unpaired) electrons. The zero-order valence-corrected chi connectivity index (χ0v) is 12.9. The highest BCUT2D eigenvalue weighted by molar-refractivity contribution is 5.50. The van der Waals surface area contributed by atoms with Gasteiger partial charge < -0.3 is 14.3 Å². The number of halogens is 2. The Hall–Kier alpha value is -2.43. The van der Waals surface area contributed by atoms with Crippen molar-refractivity contribution in [3.8, 4) is 11.5 Å². The quantitative estimate of drug-likeness (QED) is 0.688. The van der Waals surface area contributed by atoms with Gasteiger partial charge in [-0.2, -0.15) is 0 Å². The third-order valence-electron chi connectivity index (χ3n) is 3.20. The van der Waals surface area contributed by atoms with Gasteiger partial charge in [0.2, 0.25) is 0 Å². The molecule has 2 rings (SSSR count). The Morgan fingerprint density at radius 2 is 1.78 bits per heavy atom. The normalized spacial score (nSPS) is 10.4. The number of carbonyl (C=O) groups excluding carboxylic acids is 1. The third kappa shape index (κ3) is 4.77. The lowest BCUT2D eigenvalue weighted by Gasteiger charge is -2.11. The van der Waals surface area contributed by atoms with Crippen molar-refractivity contribution in [1.29, 1.82) is 0 Å². The summed E-state index contributed by atoms with van der Waals surface area (Å²) in [6.45, 7) is 2.44. The van der Waals surface area contributed by atoms with Crippen LogP contribution in [0.3, 0.4) is 0 Å². The van der Waals surface area contributed by atoms with Crippen LogP contribution < -0.4 is 9.47 Å². The SMILES string of the molecule is CCOc1cccc(COc2c(F)cc(CCC=O)cc2F)c1. The van der Waals surface area contributed by atoms with Crippen LogP contribution in [0.25, 0.3) is 0 Å². The van der Waals surface area contributed by atoms with E-state index < -0.39 is 17.4 Å². The maximum Gasteiger partial charge on any atom is 0.191 e. The molecule has 0 aliphatic heterocycles. The van der Waals surface area contributed by atoms with Crippen molar-refractivity contribution in [2.45, 2.75) is 26.4 Å². The van der Waals surface area contributed by atoms with Gasteiger partial charge in [-0.25, -0.2) is 8.78 Å². The highest BCUT2D eigenvalue weighted by atomic mass is 19.1. The number of aryl methyl sites for hydroxylation is 1. The molecule has 0 aliphatic carbocycles. The lowest BCUT2D eigenvalue weighted by atomic mass is 10.1. The molecule has 122 valence electrons. The number of benzene rings is 2. The molecule has 2 aromatic rings. The summed E-state index contributed by atoms with van der Waals surface area (Å²) in [5.41, 5.74) is 1.18. The number of hydrogen-bond donors (Lipinski definition) is 0. The van der Waals surface area contributed by atoms with Crippen LogP contribution in [0.15, 0.2) is 36.4 Å². The molecule has 0 saturated heterocycles. The van der Waals surface area contributed by atoms with Crippen LogP contribution in [-0.2, 0) is 17.8 Å². The zero-order chi connectivity index (χ0) is 16.7. The second-order valence-electron chi connectivity index (χ2n) is 4.96. The lowest BCUT2D eigenvalue weighted by molar-refractivity contribution is -0.107. The standard InChI is InChI=1S/C18H18F2O3/c1-2-22-15-7-3-5-14(9-15)12-23-18-16(19)10-13(6-4-8-21)11-17(18)20/h3,5,7-11H,2,4,6,12H2,1H3. The monoisotopic (exact) mass is 320 g/mol. The van der Waals surface area contributed by atoms with Crippen molar-refractivity contribution >= 4 is 6.29 Å². The summed E-state index contributed by atoms with van der Waals surface area (Å²) in [6, 6.07) is 9.53. The summed E-state index contributed by atoms with van der Waals surface area (Å²) in [7, 11) is 0. The summed E-state index contributed by atoms with van der Waals surface area (Å²) in [5, 5.41) is 0. The predicted molar refractivity (Wildman–Crippen MR) is 82.7 cm³/mol. The molecule has 0 fully saturated rings.